The minimum atomic E-state index is -0.537. The van der Waals surface area contributed by atoms with Crippen molar-refractivity contribution < 1.29 is 9.53 Å². The summed E-state index contributed by atoms with van der Waals surface area (Å²) in [6.45, 7) is 4.08. The highest BCUT2D eigenvalue weighted by molar-refractivity contribution is 8.00. The van der Waals surface area contributed by atoms with E-state index in [2.05, 4.69) is 9.97 Å². The minimum Gasteiger partial charge on any atom is -0.468 e. The summed E-state index contributed by atoms with van der Waals surface area (Å²) in [6, 6.07) is 7.90. The van der Waals surface area contributed by atoms with E-state index in [1.807, 2.05) is 31.2 Å². The first-order valence-corrected chi connectivity index (χ1v) is 9.19. The van der Waals surface area contributed by atoms with Crippen LogP contribution in [-0.2, 0) is 23.1 Å². The molecule has 3 rings (SSSR count). The Kier molecular flexibility index (Phi) is 5.22. The molecule has 0 aliphatic heterocycles. The van der Waals surface area contributed by atoms with Gasteiger partial charge in [0.25, 0.3) is 5.56 Å². The first-order chi connectivity index (χ1) is 12.8. The predicted octanol–water partition coefficient (Wildman–Crippen LogP) is 1.43. The van der Waals surface area contributed by atoms with Crippen LogP contribution in [0.15, 0.2) is 39.0 Å². The number of nitrogens with one attached hydrogen (secondary N) is 1. The molecule has 1 N–H and O–H groups in total. The van der Waals surface area contributed by atoms with E-state index in [1.54, 1.807) is 18.5 Å². The van der Waals surface area contributed by atoms with Crippen molar-refractivity contribution in [2.75, 3.05) is 7.11 Å². The molecule has 0 saturated carbocycles. The van der Waals surface area contributed by atoms with Gasteiger partial charge in [-0.1, -0.05) is 41.6 Å². The number of hydrogen-bond acceptors (Lipinski definition) is 6. The molecule has 0 amide bonds. The maximum absolute atomic E-state index is 12.5. The number of benzene rings is 1. The van der Waals surface area contributed by atoms with Crippen molar-refractivity contribution in [2.24, 2.45) is 7.05 Å². The van der Waals surface area contributed by atoms with Gasteiger partial charge in [0.15, 0.2) is 16.3 Å². The van der Waals surface area contributed by atoms with E-state index in [4.69, 9.17) is 4.74 Å². The Morgan fingerprint density at radius 1 is 1.30 bits per heavy atom. The maximum atomic E-state index is 12.5. The molecule has 0 radical (unpaired) electrons. The third-order valence-electron chi connectivity index (χ3n) is 4.25. The zero-order valence-electron chi connectivity index (χ0n) is 15.5. The van der Waals surface area contributed by atoms with Crippen molar-refractivity contribution in [3.05, 3.63) is 56.2 Å². The van der Waals surface area contributed by atoms with Crippen molar-refractivity contribution in [2.45, 2.75) is 30.8 Å². The quantitative estimate of drug-likeness (QED) is 0.524. The molecule has 0 bridgehead atoms. The molecule has 9 heteroatoms. The van der Waals surface area contributed by atoms with Crippen LogP contribution < -0.4 is 11.2 Å². The Labute approximate surface area is 159 Å². The zero-order valence-corrected chi connectivity index (χ0v) is 16.3. The molecule has 0 aliphatic carbocycles. The molecular weight excluding hydrogens is 368 g/mol. The third-order valence-corrected chi connectivity index (χ3v) is 5.32. The van der Waals surface area contributed by atoms with Gasteiger partial charge in [0.05, 0.1) is 13.7 Å². The van der Waals surface area contributed by atoms with Gasteiger partial charge in [0.2, 0.25) is 0 Å². The molecule has 1 aromatic carbocycles. The van der Waals surface area contributed by atoms with Crippen LogP contribution in [0.1, 0.15) is 18.1 Å². The fraction of sp³-hybridized carbons (Fsp3) is 0.333. The summed E-state index contributed by atoms with van der Waals surface area (Å²) in [5.41, 5.74) is 1.62. The topological polar surface area (TPSA) is 99.0 Å². The van der Waals surface area contributed by atoms with Crippen molar-refractivity contribution in [1.29, 1.82) is 0 Å². The summed E-state index contributed by atoms with van der Waals surface area (Å²) in [7, 11) is 2.87. The van der Waals surface area contributed by atoms with Crippen molar-refractivity contribution in [3.8, 4) is 0 Å². The van der Waals surface area contributed by atoms with E-state index in [1.165, 1.54) is 23.4 Å². The third kappa shape index (κ3) is 3.68. The predicted molar refractivity (Wildman–Crippen MR) is 103 cm³/mol. The molecule has 8 nitrogen and oxygen atoms in total. The lowest BCUT2D eigenvalue weighted by molar-refractivity contribution is -0.139. The van der Waals surface area contributed by atoms with Gasteiger partial charge in [-0.15, -0.1) is 0 Å². The molecule has 2 heterocycles. The number of imidazole rings is 1. The van der Waals surface area contributed by atoms with Crippen LogP contribution in [0.3, 0.4) is 0 Å². The normalized spacial score (nSPS) is 12.3. The van der Waals surface area contributed by atoms with Crippen LogP contribution in [0.2, 0.25) is 0 Å². The fourth-order valence-corrected chi connectivity index (χ4v) is 3.63. The van der Waals surface area contributed by atoms with Crippen LogP contribution in [0.4, 0.5) is 0 Å². The number of carbonyl (C=O) groups excluding carboxylic acids is 1. The Balaban J connectivity index is 2.17. The largest absolute Gasteiger partial charge is 0.468 e. The van der Waals surface area contributed by atoms with E-state index in [0.29, 0.717) is 11.7 Å². The van der Waals surface area contributed by atoms with E-state index in [-0.39, 0.29) is 11.2 Å². The average molecular weight is 388 g/mol. The fourth-order valence-electron chi connectivity index (χ4n) is 2.70. The molecule has 27 heavy (non-hydrogen) atoms. The van der Waals surface area contributed by atoms with E-state index in [0.717, 1.165) is 11.1 Å². The lowest BCUT2D eigenvalue weighted by Gasteiger charge is -2.11. The molecule has 0 saturated heterocycles. The highest BCUT2D eigenvalue weighted by Gasteiger charge is 2.22. The first kappa shape index (κ1) is 19.0. The maximum Gasteiger partial charge on any atom is 0.329 e. The lowest BCUT2D eigenvalue weighted by Crippen LogP contribution is -2.29. The summed E-state index contributed by atoms with van der Waals surface area (Å²) < 4.78 is 7.79. The van der Waals surface area contributed by atoms with Gasteiger partial charge in [-0.3, -0.25) is 19.1 Å². The highest BCUT2D eigenvalue weighted by atomic mass is 32.2. The second-order valence-electron chi connectivity index (χ2n) is 6.24. The number of nitrogens with zero attached hydrogens (tertiary/aromatic N) is 3. The number of H-pyrrole nitrogens is 1. The Morgan fingerprint density at radius 3 is 2.59 bits per heavy atom. The van der Waals surface area contributed by atoms with Crippen molar-refractivity contribution >= 4 is 28.9 Å². The molecule has 2 aromatic heterocycles. The monoisotopic (exact) mass is 388 g/mol. The number of methoxy groups -OCH3 is 1. The average Bonchev–Trinajstić information content (AvgIpc) is 2.99. The standard InChI is InChI=1S/C18H20N4O4S/c1-10-5-7-12(8-6-10)9-22-13-14(21(3)17(25)20-15(13)23)19-18(22)27-11(2)16(24)26-4/h5-8,11H,9H2,1-4H3,(H,20,23,25)/t11-/m0/s1. The molecule has 1 atom stereocenters. The van der Waals surface area contributed by atoms with Crippen LogP contribution in [0.5, 0.6) is 0 Å². The summed E-state index contributed by atoms with van der Waals surface area (Å²) in [5.74, 6) is -0.392. The van der Waals surface area contributed by atoms with Gasteiger partial charge in [-0.25, -0.2) is 9.78 Å². The van der Waals surface area contributed by atoms with Gasteiger partial charge in [0, 0.05) is 7.05 Å². The number of thioether (sulfide) groups is 1. The lowest BCUT2D eigenvalue weighted by atomic mass is 10.1. The Bertz CT molecular complexity index is 1110. The molecule has 0 aliphatic rings. The minimum absolute atomic E-state index is 0.274. The van der Waals surface area contributed by atoms with Crippen LogP contribution >= 0.6 is 11.8 Å². The Morgan fingerprint density at radius 2 is 1.96 bits per heavy atom. The number of aromatic nitrogens is 4. The number of carbonyl (C=O) groups is 1. The molecular formula is C18H20N4O4S. The van der Waals surface area contributed by atoms with Crippen molar-refractivity contribution in [3.63, 3.8) is 0 Å². The van der Waals surface area contributed by atoms with Crippen molar-refractivity contribution in [1.82, 2.24) is 19.1 Å². The van der Waals surface area contributed by atoms with Crippen LogP contribution in [0.25, 0.3) is 11.2 Å². The summed E-state index contributed by atoms with van der Waals surface area (Å²) >= 11 is 1.18. The first-order valence-electron chi connectivity index (χ1n) is 8.31. The van der Waals surface area contributed by atoms with Crippen LogP contribution in [-0.4, -0.2) is 37.4 Å². The smallest absolute Gasteiger partial charge is 0.329 e. The van der Waals surface area contributed by atoms with E-state index < -0.39 is 22.5 Å². The number of fused-ring (bicyclic) bond motifs is 1. The number of esters is 1. The number of ether oxygens (including phenoxy) is 1. The highest BCUT2D eigenvalue weighted by Crippen LogP contribution is 2.27. The number of aryl methyl sites for hydroxylation is 2. The molecule has 0 fully saturated rings. The summed E-state index contributed by atoms with van der Waals surface area (Å²) in [6.07, 6.45) is 0. The number of hydrogen-bond donors (Lipinski definition) is 1. The van der Waals surface area contributed by atoms with Gasteiger partial charge in [-0.05, 0) is 19.4 Å². The molecule has 142 valence electrons. The second kappa shape index (κ2) is 7.43. The SMILES string of the molecule is COC(=O)[C@H](C)Sc1nc2c(c(=O)[nH]c(=O)n2C)n1Cc1ccc(C)cc1. The van der Waals surface area contributed by atoms with Gasteiger partial charge in [0.1, 0.15) is 5.25 Å². The number of aromatic amines is 1. The summed E-state index contributed by atoms with van der Waals surface area (Å²) in [4.78, 5) is 43.0. The molecule has 0 spiro atoms. The Hall–Kier alpha value is -2.81. The van der Waals surface area contributed by atoms with Gasteiger partial charge >= 0.3 is 11.7 Å². The van der Waals surface area contributed by atoms with Gasteiger partial charge < -0.3 is 9.30 Å². The van der Waals surface area contributed by atoms with Gasteiger partial charge in [-0.2, -0.15) is 0 Å². The number of rotatable bonds is 5. The van der Waals surface area contributed by atoms with E-state index in [9.17, 15) is 14.4 Å². The molecule has 3 aromatic rings. The summed E-state index contributed by atoms with van der Waals surface area (Å²) in [5, 5.41) is -0.0464. The van der Waals surface area contributed by atoms with Crippen LogP contribution in [0, 0.1) is 6.92 Å². The van der Waals surface area contributed by atoms with E-state index >= 15 is 0 Å². The molecule has 0 unspecified atom stereocenters. The second-order valence-corrected chi connectivity index (χ2v) is 7.55. The zero-order chi connectivity index (χ0) is 19.7.